The van der Waals surface area contributed by atoms with Gasteiger partial charge in [-0.25, -0.2) is 0 Å². The van der Waals surface area contributed by atoms with E-state index in [9.17, 15) is 9.90 Å². The maximum atomic E-state index is 12.2. The van der Waals surface area contributed by atoms with Gasteiger partial charge in [0.1, 0.15) is 0 Å². The van der Waals surface area contributed by atoms with Crippen molar-refractivity contribution in [1.82, 2.24) is 5.32 Å². The monoisotopic (exact) mass is 283 g/mol. The Balaban J connectivity index is 2.63. The minimum Gasteiger partial charge on any atom is -0.393 e. The molecule has 1 amide bonds. The summed E-state index contributed by atoms with van der Waals surface area (Å²) < 4.78 is 0. The first-order valence-corrected chi connectivity index (χ1v) is 7.64. The molecule has 1 aromatic rings. The Morgan fingerprint density at radius 2 is 2.05 bits per heavy atom. The summed E-state index contributed by atoms with van der Waals surface area (Å²) in [5.41, 5.74) is 1.01. The minimum atomic E-state index is -0.347. The number of carbonyl (C=O) groups excluding carboxylic acids is 1. The van der Waals surface area contributed by atoms with Crippen molar-refractivity contribution in [3.8, 4) is 0 Å². The van der Waals surface area contributed by atoms with Gasteiger partial charge in [0.05, 0.1) is 11.0 Å². The number of carbonyl (C=O) groups is 1. The summed E-state index contributed by atoms with van der Waals surface area (Å²) in [6.45, 7) is 10.6. The third kappa shape index (κ3) is 4.96. The molecule has 0 aliphatic carbocycles. The largest absolute Gasteiger partial charge is 0.393 e. The van der Waals surface area contributed by atoms with Crippen LogP contribution in [0.1, 0.15) is 62.2 Å². The Hall–Kier alpha value is -0.870. The third-order valence-electron chi connectivity index (χ3n) is 3.10. The number of aliphatic hydroxyl groups excluding tert-OH is 1. The van der Waals surface area contributed by atoms with Crippen molar-refractivity contribution in [2.45, 2.75) is 53.1 Å². The van der Waals surface area contributed by atoms with Crippen LogP contribution in [-0.2, 0) is 0 Å². The van der Waals surface area contributed by atoms with E-state index in [1.165, 1.54) is 11.3 Å². The van der Waals surface area contributed by atoms with Crippen molar-refractivity contribution >= 4 is 17.2 Å². The maximum absolute atomic E-state index is 12.2. The van der Waals surface area contributed by atoms with Crippen LogP contribution >= 0.6 is 11.3 Å². The summed E-state index contributed by atoms with van der Waals surface area (Å²) >= 11 is 1.49. The molecule has 0 aliphatic rings. The molecule has 0 aromatic carbocycles. The van der Waals surface area contributed by atoms with Crippen LogP contribution in [0.5, 0.6) is 0 Å². The van der Waals surface area contributed by atoms with Crippen molar-refractivity contribution in [2.24, 2.45) is 5.41 Å². The predicted octanol–water partition coefficient (Wildman–Crippen LogP) is 3.40. The van der Waals surface area contributed by atoms with Crippen LogP contribution in [0.15, 0.2) is 11.4 Å². The van der Waals surface area contributed by atoms with Crippen molar-refractivity contribution in [3.63, 3.8) is 0 Å². The Bertz CT molecular complexity index is 422. The van der Waals surface area contributed by atoms with Crippen LogP contribution in [0, 0.1) is 5.41 Å². The zero-order valence-electron chi connectivity index (χ0n) is 12.5. The molecule has 0 aliphatic heterocycles. The van der Waals surface area contributed by atoms with Crippen LogP contribution in [0.3, 0.4) is 0 Å². The quantitative estimate of drug-likeness (QED) is 0.840. The molecular weight excluding hydrogens is 258 g/mol. The molecular formula is C15H25NO2S. The molecule has 0 radical (unpaired) electrons. The standard InChI is InChI=1S/C15H25NO2S/c1-10(2)12-6-7-19-13(12)14(18)16-9-15(4,5)8-11(3)17/h6-7,10-11,17H,8-9H2,1-5H3,(H,16,18). The lowest BCUT2D eigenvalue weighted by molar-refractivity contribution is 0.0904. The highest BCUT2D eigenvalue weighted by atomic mass is 32.1. The number of thiophene rings is 1. The second-order valence-corrected chi connectivity index (χ2v) is 7.18. The lowest BCUT2D eigenvalue weighted by Gasteiger charge is -2.26. The fourth-order valence-electron chi connectivity index (χ4n) is 2.23. The van der Waals surface area contributed by atoms with Crippen molar-refractivity contribution in [3.05, 3.63) is 21.9 Å². The lowest BCUT2D eigenvalue weighted by atomic mass is 9.87. The second kappa shape index (κ2) is 6.53. The van der Waals surface area contributed by atoms with Crippen LogP contribution in [0.4, 0.5) is 0 Å². The normalized spacial score (nSPS) is 13.6. The van der Waals surface area contributed by atoms with Crippen molar-refractivity contribution in [2.75, 3.05) is 6.54 Å². The van der Waals surface area contributed by atoms with Gasteiger partial charge in [-0.1, -0.05) is 27.7 Å². The SMILES string of the molecule is CC(O)CC(C)(C)CNC(=O)c1sccc1C(C)C. The first kappa shape index (κ1) is 16.2. The molecule has 19 heavy (non-hydrogen) atoms. The van der Waals surface area contributed by atoms with E-state index in [-0.39, 0.29) is 17.4 Å². The molecule has 1 heterocycles. The Morgan fingerprint density at radius 1 is 1.42 bits per heavy atom. The topological polar surface area (TPSA) is 49.3 Å². The molecule has 2 N–H and O–H groups in total. The molecule has 4 heteroatoms. The minimum absolute atomic E-state index is 0.00244. The third-order valence-corrected chi connectivity index (χ3v) is 4.03. The highest BCUT2D eigenvalue weighted by Gasteiger charge is 2.22. The lowest BCUT2D eigenvalue weighted by Crippen LogP contribution is -2.35. The van der Waals surface area contributed by atoms with E-state index in [4.69, 9.17) is 0 Å². The van der Waals surface area contributed by atoms with E-state index in [2.05, 4.69) is 33.0 Å². The first-order valence-electron chi connectivity index (χ1n) is 6.76. The summed E-state index contributed by atoms with van der Waals surface area (Å²) in [7, 11) is 0. The highest BCUT2D eigenvalue weighted by molar-refractivity contribution is 7.12. The Kier molecular flexibility index (Phi) is 5.56. The summed E-state index contributed by atoms with van der Waals surface area (Å²) in [4.78, 5) is 13.0. The number of nitrogens with one attached hydrogen (secondary N) is 1. The number of aliphatic hydroxyl groups is 1. The summed E-state index contributed by atoms with van der Waals surface area (Å²) in [5, 5.41) is 14.4. The average molecular weight is 283 g/mol. The van der Waals surface area contributed by atoms with E-state index >= 15 is 0 Å². The molecule has 0 spiro atoms. The molecule has 0 bridgehead atoms. The van der Waals surface area contributed by atoms with Gasteiger partial charge < -0.3 is 10.4 Å². The Morgan fingerprint density at radius 3 is 2.58 bits per heavy atom. The molecule has 1 rings (SSSR count). The van der Waals surface area contributed by atoms with Crippen molar-refractivity contribution < 1.29 is 9.90 Å². The fourth-order valence-corrected chi connectivity index (χ4v) is 3.20. The summed E-state index contributed by atoms with van der Waals surface area (Å²) in [5.74, 6) is 0.356. The smallest absolute Gasteiger partial charge is 0.261 e. The van der Waals surface area contributed by atoms with E-state index in [1.54, 1.807) is 6.92 Å². The van der Waals surface area contributed by atoms with E-state index in [0.717, 1.165) is 10.4 Å². The van der Waals surface area contributed by atoms with Crippen LogP contribution in [-0.4, -0.2) is 23.7 Å². The predicted molar refractivity (Wildman–Crippen MR) is 80.8 cm³/mol. The van der Waals surface area contributed by atoms with E-state index < -0.39 is 0 Å². The molecule has 3 nitrogen and oxygen atoms in total. The summed E-state index contributed by atoms with van der Waals surface area (Å²) in [6.07, 6.45) is 0.328. The molecule has 1 aromatic heterocycles. The van der Waals surface area contributed by atoms with Crippen molar-refractivity contribution in [1.29, 1.82) is 0 Å². The molecule has 1 unspecified atom stereocenters. The van der Waals surface area contributed by atoms with Gasteiger partial charge in [0.2, 0.25) is 0 Å². The van der Waals surface area contributed by atoms with E-state index in [1.807, 2.05) is 11.4 Å². The molecule has 0 fully saturated rings. The van der Waals surface area contributed by atoms with Gasteiger partial charge in [0, 0.05) is 6.54 Å². The molecule has 0 saturated heterocycles. The number of rotatable bonds is 6. The zero-order chi connectivity index (χ0) is 14.6. The average Bonchev–Trinajstić information content (AvgIpc) is 2.73. The second-order valence-electron chi connectivity index (χ2n) is 6.26. The van der Waals surface area contributed by atoms with Crippen LogP contribution in [0.2, 0.25) is 0 Å². The van der Waals surface area contributed by atoms with Gasteiger partial charge in [0.25, 0.3) is 5.91 Å². The van der Waals surface area contributed by atoms with Gasteiger partial charge in [0.15, 0.2) is 0 Å². The Labute approximate surface area is 120 Å². The number of amides is 1. The number of hydrogen-bond donors (Lipinski definition) is 2. The number of hydrogen-bond acceptors (Lipinski definition) is 3. The van der Waals surface area contributed by atoms with Gasteiger partial charge in [-0.05, 0) is 41.7 Å². The van der Waals surface area contributed by atoms with Gasteiger partial charge in [-0.2, -0.15) is 0 Å². The highest BCUT2D eigenvalue weighted by Crippen LogP contribution is 2.25. The van der Waals surface area contributed by atoms with Gasteiger partial charge in [-0.15, -0.1) is 11.3 Å². The van der Waals surface area contributed by atoms with Crippen LogP contribution < -0.4 is 5.32 Å². The molecule has 0 saturated carbocycles. The maximum Gasteiger partial charge on any atom is 0.261 e. The molecule has 108 valence electrons. The van der Waals surface area contributed by atoms with Gasteiger partial charge in [-0.3, -0.25) is 4.79 Å². The fraction of sp³-hybridized carbons (Fsp3) is 0.667. The molecule has 1 atom stereocenters. The van der Waals surface area contributed by atoms with Crippen LogP contribution in [0.25, 0.3) is 0 Å². The zero-order valence-corrected chi connectivity index (χ0v) is 13.3. The first-order chi connectivity index (χ1) is 8.73. The summed E-state index contributed by atoms with van der Waals surface area (Å²) in [6, 6.07) is 2.02. The van der Waals surface area contributed by atoms with E-state index in [0.29, 0.717) is 18.9 Å². The van der Waals surface area contributed by atoms with Gasteiger partial charge >= 0.3 is 0 Å².